The monoisotopic (exact) mass is 1420 g/mol. The zero-order valence-corrected chi connectivity index (χ0v) is 65.8. The maximum absolute atomic E-state index is 14.8. The fraction of sp³-hybridized carbons (Fsp3) is 0.733. The molecule has 0 saturated heterocycles. The van der Waals surface area contributed by atoms with Crippen molar-refractivity contribution in [3.8, 4) is 0 Å². The van der Waals surface area contributed by atoms with Crippen LogP contribution in [0.5, 0.6) is 0 Å². The number of unbranched alkanes of at least 4 members (excludes halogenated alkanes) is 48. The highest BCUT2D eigenvalue weighted by Crippen LogP contribution is 2.41. The van der Waals surface area contributed by atoms with Gasteiger partial charge in [0.1, 0.15) is 0 Å². The smallest absolute Gasteiger partial charge is 0.339 e. The fourth-order valence-corrected chi connectivity index (χ4v) is 14.1. The SMILES string of the molecule is CCCCCCCCCCCOC(=O)c1cc2c3cc(C(=O)OCCCCCCCCCCC)c(C(=O)OCCCCCCCCCCC)cc3c3cc(C(=O)OCCCCCCCCCCC)c(C(=O)OCCCCCCCCCCC)cc3c2cc1C(=O)OCCCCCCCCCCC. The van der Waals surface area contributed by atoms with E-state index in [2.05, 4.69) is 41.5 Å². The van der Waals surface area contributed by atoms with Crippen LogP contribution in [0.1, 0.15) is 450 Å². The van der Waals surface area contributed by atoms with E-state index < -0.39 is 35.8 Å². The number of fused-ring (bicyclic) bond motifs is 6. The average molecular weight is 1420 g/mol. The lowest BCUT2D eigenvalue weighted by molar-refractivity contribution is 0.0450. The van der Waals surface area contributed by atoms with Crippen LogP contribution in [0.25, 0.3) is 32.3 Å². The molecule has 0 aliphatic heterocycles. The van der Waals surface area contributed by atoms with E-state index in [4.69, 9.17) is 28.4 Å². The third-order valence-electron chi connectivity index (χ3n) is 20.5. The first kappa shape index (κ1) is 88.9. The topological polar surface area (TPSA) is 158 Å². The normalized spacial score (nSPS) is 11.5. The first-order chi connectivity index (χ1) is 50.1. The number of benzene rings is 4. The van der Waals surface area contributed by atoms with E-state index >= 15 is 0 Å². The van der Waals surface area contributed by atoms with E-state index in [-0.39, 0.29) is 73.0 Å². The van der Waals surface area contributed by atoms with Gasteiger partial charge in [0.05, 0.1) is 73.0 Å². The Morgan fingerprint density at radius 1 is 0.167 bits per heavy atom. The number of ether oxygens (including phenoxy) is 6. The molecule has 0 amide bonds. The van der Waals surface area contributed by atoms with Crippen molar-refractivity contribution in [2.45, 2.75) is 388 Å². The van der Waals surface area contributed by atoms with Crippen molar-refractivity contribution in [3.63, 3.8) is 0 Å². The van der Waals surface area contributed by atoms with Crippen LogP contribution >= 0.6 is 0 Å². The molecule has 4 rings (SSSR count). The van der Waals surface area contributed by atoms with Crippen molar-refractivity contribution in [3.05, 3.63) is 69.8 Å². The molecule has 0 aliphatic rings. The van der Waals surface area contributed by atoms with Gasteiger partial charge in [-0.2, -0.15) is 0 Å². The standard InChI is InChI=1S/C90H144O12/c1-7-13-19-25-31-37-43-49-55-61-97-85(91)79-67-73-74(68-80(79)86(92)98-62-56-50-44-38-32-26-20-14-8-2)76-70-82(88(94)100-64-58-52-46-40-34-28-22-16-10-4)84(90(96)102-66-60-54-48-42-36-30-24-18-12-6)72-78(76)77-71-83(89(95)101-65-59-53-47-41-35-29-23-17-11-5)81(69-75(73)77)87(93)99-63-57-51-45-39-33-27-21-15-9-3/h67-72H,7-66H2,1-6H3. The molecule has 0 fully saturated rings. The Labute approximate surface area is 619 Å². The third kappa shape index (κ3) is 36.5. The van der Waals surface area contributed by atoms with Crippen LogP contribution in [0.4, 0.5) is 0 Å². The van der Waals surface area contributed by atoms with E-state index in [9.17, 15) is 28.8 Å². The summed E-state index contributed by atoms with van der Waals surface area (Å²) in [4.78, 5) is 89.1. The van der Waals surface area contributed by atoms with Gasteiger partial charge in [-0.3, -0.25) is 0 Å². The molecular weight excluding hydrogens is 1270 g/mol. The lowest BCUT2D eigenvalue weighted by Gasteiger charge is -2.19. The van der Waals surface area contributed by atoms with Crippen LogP contribution in [0, 0.1) is 0 Å². The first-order valence-electron chi connectivity index (χ1n) is 42.6. The summed E-state index contributed by atoms with van der Waals surface area (Å²) in [7, 11) is 0. The molecule has 0 aromatic heterocycles. The molecular formula is C90H144O12. The molecule has 0 saturated carbocycles. The quantitative estimate of drug-likeness (QED) is 0.0179. The fourth-order valence-electron chi connectivity index (χ4n) is 14.1. The molecule has 0 heterocycles. The molecule has 0 N–H and O–H groups in total. The van der Waals surface area contributed by atoms with E-state index in [0.717, 1.165) is 116 Å². The van der Waals surface area contributed by atoms with Gasteiger partial charge < -0.3 is 28.4 Å². The number of carbonyl (C=O) groups is 6. The average Bonchev–Trinajstić information content (AvgIpc) is 0.719. The van der Waals surface area contributed by atoms with Gasteiger partial charge in [-0.1, -0.05) is 350 Å². The Morgan fingerprint density at radius 3 is 0.373 bits per heavy atom. The van der Waals surface area contributed by atoms with Crippen LogP contribution in [-0.2, 0) is 28.4 Å². The lowest BCUT2D eigenvalue weighted by atomic mass is 9.87. The molecule has 4 aromatic carbocycles. The molecule has 0 unspecified atom stereocenters. The molecule has 102 heavy (non-hydrogen) atoms. The Bertz CT molecular complexity index is 2390. The summed E-state index contributed by atoms with van der Waals surface area (Å²) in [6.07, 6.45) is 58.8. The van der Waals surface area contributed by atoms with Crippen LogP contribution in [-0.4, -0.2) is 75.5 Å². The molecule has 0 spiro atoms. The van der Waals surface area contributed by atoms with Gasteiger partial charge in [0.15, 0.2) is 0 Å². The van der Waals surface area contributed by atoms with Gasteiger partial charge in [-0.05, 0) is 107 Å². The minimum atomic E-state index is -0.692. The molecule has 0 aliphatic carbocycles. The van der Waals surface area contributed by atoms with Crippen molar-refractivity contribution >= 4 is 68.1 Å². The molecule has 12 nitrogen and oxygen atoms in total. The number of hydrogen-bond donors (Lipinski definition) is 0. The van der Waals surface area contributed by atoms with E-state index in [1.165, 1.54) is 193 Å². The largest absolute Gasteiger partial charge is 0.462 e. The summed E-state index contributed by atoms with van der Waals surface area (Å²) in [5, 5.41) is 2.67. The molecule has 0 bridgehead atoms. The Balaban J connectivity index is 1.95. The van der Waals surface area contributed by atoms with Gasteiger partial charge in [0.25, 0.3) is 0 Å². The summed E-state index contributed by atoms with van der Waals surface area (Å²) in [6, 6.07) is 9.83. The van der Waals surface area contributed by atoms with E-state index in [0.29, 0.717) is 70.8 Å². The van der Waals surface area contributed by atoms with Gasteiger partial charge in [0, 0.05) is 0 Å². The van der Waals surface area contributed by atoms with Crippen LogP contribution in [0.15, 0.2) is 36.4 Å². The minimum absolute atomic E-state index is 0.00706. The van der Waals surface area contributed by atoms with Crippen molar-refractivity contribution in [2.75, 3.05) is 39.6 Å². The lowest BCUT2D eigenvalue weighted by Crippen LogP contribution is -2.17. The summed E-state index contributed by atoms with van der Waals surface area (Å²) < 4.78 is 36.6. The van der Waals surface area contributed by atoms with Gasteiger partial charge in [0.2, 0.25) is 0 Å². The second kappa shape index (κ2) is 58.7. The molecule has 4 aromatic rings. The summed E-state index contributed by atoms with van der Waals surface area (Å²) in [5.41, 5.74) is -0.0424. The van der Waals surface area contributed by atoms with Gasteiger partial charge in [-0.25, -0.2) is 28.8 Å². The van der Waals surface area contributed by atoms with E-state index in [1.807, 2.05) is 0 Å². The van der Waals surface area contributed by atoms with Crippen LogP contribution in [0.3, 0.4) is 0 Å². The van der Waals surface area contributed by atoms with Crippen LogP contribution < -0.4 is 0 Å². The van der Waals surface area contributed by atoms with Crippen molar-refractivity contribution in [2.24, 2.45) is 0 Å². The van der Waals surface area contributed by atoms with Gasteiger partial charge >= 0.3 is 35.8 Å². The predicted molar refractivity (Wildman–Crippen MR) is 424 cm³/mol. The van der Waals surface area contributed by atoms with Gasteiger partial charge in [-0.15, -0.1) is 0 Å². The van der Waals surface area contributed by atoms with E-state index in [1.54, 1.807) is 36.4 Å². The number of rotatable bonds is 66. The molecule has 576 valence electrons. The highest BCUT2D eigenvalue weighted by atomic mass is 16.6. The van der Waals surface area contributed by atoms with Crippen LogP contribution in [0.2, 0.25) is 0 Å². The van der Waals surface area contributed by atoms with Crippen molar-refractivity contribution in [1.82, 2.24) is 0 Å². The minimum Gasteiger partial charge on any atom is -0.462 e. The second-order valence-corrected chi connectivity index (χ2v) is 29.6. The molecule has 0 radical (unpaired) electrons. The number of hydrogen-bond acceptors (Lipinski definition) is 12. The second-order valence-electron chi connectivity index (χ2n) is 29.6. The summed E-state index contributed by atoms with van der Waals surface area (Å²) >= 11 is 0. The summed E-state index contributed by atoms with van der Waals surface area (Å²) in [5.74, 6) is -4.15. The maximum Gasteiger partial charge on any atom is 0.339 e. The Morgan fingerprint density at radius 2 is 0.265 bits per heavy atom. The Hall–Kier alpha value is -5.52. The predicted octanol–water partition coefficient (Wildman–Crippen LogP) is 27.3. The third-order valence-corrected chi connectivity index (χ3v) is 20.5. The highest BCUT2D eigenvalue weighted by Gasteiger charge is 2.29. The zero-order valence-electron chi connectivity index (χ0n) is 65.8. The van der Waals surface area contributed by atoms with Crippen molar-refractivity contribution in [1.29, 1.82) is 0 Å². The molecule has 0 atom stereocenters. The number of carbonyl (C=O) groups excluding carboxylic acids is 6. The number of esters is 6. The summed E-state index contributed by atoms with van der Waals surface area (Å²) in [6.45, 7) is 14.3. The zero-order chi connectivity index (χ0) is 73.3. The molecule has 12 heteroatoms. The van der Waals surface area contributed by atoms with Crippen molar-refractivity contribution < 1.29 is 57.2 Å². The highest BCUT2D eigenvalue weighted by molar-refractivity contribution is 6.30. The first-order valence-corrected chi connectivity index (χ1v) is 42.6. The Kier molecular flexibility index (Phi) is 51.2. The maximum atomic E-state index is 14.8.